The third kappa shape index (κ3) is 2.42. The van der Waals surface area contributed by atoms with E-state index in [1.807, 2.05) is 0 Å². The molecular weight excluding hydrogens is 282 g/mol. The predicted octanol–water partition coefficient (Wildman–Crippen LogP) is 2.58. The van der Waals surface area contributed by atoms with E-state index >= 15 is 0 Å². The largest absolute Gasteiger partial charge is 0.282 e. The van der Waals surface area contributed by atoms with Crippen LogP contribution in [0, 0.1) is 17.8 Å². The minimum Gasteiger partial charge on any atom is -0.282 e. The van der Waals surface area contributed by atoms with E-state index in [2.05, 4.69) is 22.9 Å². The van der Waals surface area contributed by atoms with Crippen molar-refractivity contribution in [3.63, 3.8) is 0 Å². The second-order valence-electron chi connectivity index (χ2n) is 5.24. The van der Waals surface area contributed by atoms with E-state index in [0.29, 0.717) is 12.5 Å². The summed E-state index contributed by atoms with van der Waals surface area (Å²) in [6, 6.07) is 0. The lowest BCUT2D eigenvalue weighted by atomic mass is 10.00. The monoisotopic (exact) mass is 301 g/mol. The van der Waals surface area contributed by atoms with Crippen LogP contribution < -0.4 is 0 Å². The van der Waals surface area contributed by atoms with Gasteiger partial charge in [0.1, 0.15) is 0 Å². The zero-order valence-corrected chi connectivity index (χ0v) is 11.9. The lowest BCUT2D eigenvalue weighted by Crippen LogP contribution is -2.36. The van der Waals surface area contributed by atoms with Gasteiger partial charge in [0.2, 0.25) is 11.8 Å². The number of carbonyl (C=O) groups is 2. The molecule has 0 spiro atoms. The number of amides is 2. The Labute approximate surface area is 111 Å². The van der Waals surface area contributed by atoms with Gasteiger partial charge in [-0.2, -0.15) is 0 Å². The van der Waals surface area contributed by atoms with Crippen molar-refractivity contribution in [1.82, 2.24) is 4.90 Å². The van der Waals surface area contributed by atoms with E-state index in [9.17, 15) is 9.59 Å². The van der Waals surface area contributed by atoms with E-state index in [1.54, 1.807) is 0 Å². The Kier molecular flexibility index (Phi) is 4.23. The molecule has 4 heteroatoms. The van der Waals surface area contributed by atoms with Crippen LogP contribution in [0.4, 0.5) is 0 Å². The Hall–Kier alpha value is -0.380. The number of hydrogen-bond donors (Lipinski definition) is 0. The third-order valence-electron chi connectivity index (χ3n) is 4.04. The fraction of sp³-hybridized carbons (Fsp3) is 0.846. The van der Waals surface area contributed by atoms with Crippen LogP contribution in [0.2, 0.25) is 0 Å². The molecule has 1 aliphatic heterocycles. The Morgan fingerprint density at radius 2 is 1.88 bits per heavy atom. The summed E-state index contributed by atoms with van der Waals surface area (Å²) in [5.74, 6) is 0.631. The first kappa shape index (κ1) is 13.1. The lowest BCUT2D eigenvalue weighted by molar-refractivity contribution is -0.141. The van der Waals surface area contributed by atoms with Crippen LogP contribution in [-0.2, 0) is 9.59 Å². The first-order valence-corrected chi connectivity index (χ1v) is 7.72. The van der Waals surface area contributed by atoms with Gasteiger partial charge in [-0.05, 0) is 25.2 Å². The minimum absolute atomic E-state index is 0.0140. The van der Waals surface area contributed by atoms with Crippen molar-refractivity contribution in [2.75, 3.05) is 11.9 Å². The van der Waals surface area contributed by atoms with Crippen molar-refractivity contribution in [3.05, 3.63) is 0 Å². The molecule has 1 heterocycles. The lowest BCUT2D eigenvalue weighted by Gasteiger charge is -2.21. The van der Waals surface area contributed by atoms with Crippen molar-refractivity contribution in [3.8, 4) is 0 Å². The van der Waals surface area contributed by atoms with Crippen LogP contribution in [-0.4, -0.2) is 28.6 Å². The van der Waals surface area contributed by atoms with Crippen molar-refractivity contribution < 1.29 is 9.59 Å². The molecule has 2 aliphatic rings. The zero-order chi connectivity index (χ0) is 12.4. The first-order chi connectivity index (χ1) is 8.19. The Bertz CT molecular complexity index is 297. The molecule has 0 aromatic heterocycles. The smallest absolute Gasteiger partial charge is 0.233 e. The maximum absolute atomic E-state index is 12.1. The van der Waals surface area contributed by atoms with Gasteiger partial charge in [0.15, 0.2) is 0 Å². The molecule has 1 saturated heterocycles. The summed E-state index contributed by atoms with van der Waals surface area (Å²) in [6.45, 7) is 2.75. The van der Waals surface area contributed by atoms with Crippen LogP contribution in [0.3, 0.4) is 0 Å². The van der Waals surface area contributed by atoms with E-state index in [1.165, 1.54) is 4.90 Å². The number of hydrogen-bond acceptors (Lipinski definition) is 2. The second-order valence-corrected chi connectivity index (χ2v) is 5.89. The fourth-order valence-electron chi connectivity index (χ4n) is 3.12. The molecule has 2 rings (SSSR count). The number of alkyl halides is 1. The summed E-state index contributed by atoms with van der Waals surface area (Å²) in [6.07, 6.45) is 5.03. The van der Waals surface area contributed by atoms with Gasteiger partial charge < -0.3 is 0 Å². The fourth-order valence-corrected chi connectivity index (χ4v) is 3.65. The summed E-state index contributed by atoms with van der Waals surface area (Å²) in [7, 11) is 0. The SMILES string of the molecule is CCCC(CBr)CN1C(=O)C2CCCC2C1=O. The van der Waals surface area contributed by atoms with E-state index < -0.39 is 0 Å². The molecule has 96 valence electrons. The molecule has 1 aliphatic carbocycles. The van der Waals surface area contributed by atoms with Gasteiger partial charge in [-0.1, -0.05) is 35.7 Å². The number of fused-ring (bicyclic) bond motifs is 1. The normalized spacial score (nSPS) is 29.9. The first-order valence-electron chi connectivity index (χ1n) is 6.60. The van der Waals surface area contributed by atoms with E-state index in [4.69, 9.17) is 0 Å². The molecule has 0 radical (unpaired) electrons. The molecule has 2 amide bonds. The van der Waals surface area contributed by atoms with Crippen molar-refractivity contribution in [2.45, 2.75) is 39.0 Å². The van der Waals surface area contributed by atoms with Gasteiger partial charge in [-0.25, -0.2) is 0 Å². The van der Waals surface area contributed by atoms with E-state index in [0.717, 1.165) is 37.4 Å². The highest BCUT2D eigenvalue weighted by atomic mass is 79.9. The highest BCUT2D eigenvalue weighted by molar-refractivity contribution is 9.09. The second kappa shape index (κ2) is 5.51. The third-order valence-corrected chi connectivity index (χ3v) is 4.95. The standard InChI is InChI=1S/C13H20BrNO2/c1-2-4-9(7-14)8-15-12(16)10-5-3-6-11(10)13(15)17/h9-11H,2-8H2,1H3. The van der Waals surface area contributed by atoms with Crippen molar-refractivity contribution in [1.29, 1.82) is 0 Å². The maximum Gasteiger partial charge on any atom is 0.233 e. The molecule has 1 saturated carbocycles. The summed E-state index contributed by atoms with van der Waals surface area (Å²) in [5, 5.41) is 0.868. The van der Waals surface area contributed by atoms with Crippen molar-refractivity contribution >= 4 is 27.7 Å². The topological polar surface area (TPSA) is 37.4 Å². The highest BCUT2D eigenvalue weighted by Crippen LogP contribution is 2.40. The average Bonchev–Trinajstić information content (AvgIpc) is 2.88. The molecule has 0 bridgehead atoms. The zero-order valence-electron chi connectivity index (χ0n) is 10.3. The Morgan fingerprint density at radius 3 is 2.35 bits per heavy atom. The summed E-state index contributed by atoms with van der Waals surface area (Å²) in [4.78, 5) is 25.8. The molecule has 2 fully saturated rings. The van der Waals surface area contributed by atoms with E-state index in [-0.39, 0.29) is 23.7 Å². The van der Waals surface area contributed by atoms with Crippen LogP contribution in [0.25, 0.3) is 0 Å². The van der Waals surface area contributed by atoms with Crippen LogP contribution >= 0.6 is 15.9 Å². The summed E-state index contributed by atoms with van der Waals surface area (Å²) in [5.41, 5.74) is 0. The molecular formula is C13H20BrNO2. The van der Waals surface area contributed by atoms with Crippen LogP contribution in [0.1, 0.15) is 39.0 Å². The molecule has 3 nitrogen and oxygen atoms in total. The number of halogens is 1. The number of nitrogens with zero attached hydrogens (tertiary/aromatic N) is 1. The number of imide groups is 1. The molecule has 17 heavy (non-hydrogen) atoms. The predicted molar refractivity (Wildman–Crippen MR) is 69.7 cm³/mol. The molecule has 3 atom stereocenters. The van der Waals surface area contributed by atoms with Crippen LogP contribution in [0.5, 0.6) is 0 Å². The number of carbonyl (C=O) groups excluding carboxylic acids is 2. The summed E-state index contributed by atoms with van der Waals surface area (Å²) < 4.78 is 0. The number of rotatable bonds is 5. The molecule has 3 unspecified atom stereocenters. The van der Waals surface area contributed by atoms with Gasteiger partial charge in [0.25, 0.3) is 0 Å². The number of likely N-dealkylation sites (tertiary alicyclic amines) is 1. The van der Waals surface area contributed by atoms with Gasteiger partial charge in [-0.15, -0.1) is 0 Å². The molecule has 0 N–H and O–H groups in total. The average molecular weight is 302 g/mol. The Balaban J connectivity index is 2.01. The van der Waals surface area contributed by atoms with Gasteiger partial charge in [0.05, 0.1) is 11.8 Å². The maximum atomic E-state index is 12.1. The quantitative estimate of drug-likeness (QED) is 0.578. The van der Waals surface area contributed by atoms with Crippen LogP contribution in [0.15, 0.2) is 0 Å². The van der Waals surface area contributed by atoms with Gasteiger partial charge >= 0.3 is 0 Å². The summed E-state index contributed by atoms with van der Waals surface area (Å²) >= 11 is 3.48. The van der Waals surface area contributed by atoms with Gasteiger partial charge in [0, 0.05) is 11.9 Å². The van der Waals surface area contributed by atoms with Crippen molar-refractivity contribution in [2.24, 2.45) is 17.8 Å². The van der Waals surface area contributed by atoms with Gasteiger partial charge in [-0.3, -0.25) is 14.5 Å². The Morgan fingerprint density at radius 1 is 1.29 bits per heavy atom. The molecule has 0 aromatic rings. The highest BCUT2D eigenvalue weighted by Gasteiger charge is 2.49. The minimum atomic E-state index is 0.0140. The molecule has 0 aromatic carbocycles.